The molecule has 1 aliphatic heterocycles. The molecule has 5 heteroatoms. The lowest BCUT2D eigenvalue weighted by Gasteiger charge is -2.39. The second kappa shape index (κ2) is 5.27. The van der Waals surface area contributed by atoms with Gasteiger partial charge in [0.25, 0.3) is 0 Å². The molecule has 1 amide bonds. The Morgan fingerprint density at radius 2 is 2.33 bits per heavy atom. The highest BCUT2D eigenvalue weighted by Crippen LogP contribution is 2.24. The Morgan fingerprint density at radius 3 is 3.00 bits per heavy atom. The molecule has 1 heterocycles. The molecule has 1 aliphatic rings. The lowest BCUT2D eigenvalue weighted by atomic mass is 10.1. The van der Waals surface area contributed by atoms with E-state index in [0.29, 0.717) is 6.54 Å². The van der Waals surface area contributed by atoms with Crippen molar-refractivity contribution in [2.24, 2.45) is 5.73 Å². The van der Waals surface area contributed by atoms with E-state index in [1.807, 2.05) is 36.1 Å². The Bertz CT molecular complexity index is 436. The molecular formula is C13H19N3O2. The number of anilines is 1. The van der Waals surface area contributed by atoms with Crippen molar-refractivity contribution in [1.29, 1.82) is 0 Å². The summed E-state index contributed by atoms with van der Waals surface area (Å²) in [6.45, 7) is 3.04. The zero-order chi connectivity index (χ0) is 13.1. The Kier molecular flexibility index (Phi) is 3.72. The number of hydrogen-bond acceptors (Lipinski definition) is 4. The quantitative estimate of drug-likeness (QED) is 0.811. The number of nitrogens with one attached hydrogen (secondary N) is 1. The maximum atomic E-state index is 11.9. The number of rotatable bonds is 3. The van der Waals surface area contributed by atoms with E-state index in [9.17, 15) is 4.79 Å². The first-order chi connectivity index (χ1) is 8.65. The van der Waals surface area contributed by atoms with Crippen LogP contribution in [0.1, 0.15) is 6.92 Å². The van der Waals surface area contributed by atoms with Crippen molar-refractivity contribution in [2.45, 2.75) is 19.0 Å². The van der Waals surface area contributed by atoms with Crippen LogP contribution in [0.4, 0.5) is 5.69 Å². The molecule has 1 aromatic carbocycles. The standard InChI is InChI=1S/C13H19N3O2/c1-9-8-16(12(7-14)13(17)15-9)10-4-3-5-11(6-10)18-2/h3-6,9,12H,7-8,14H2,1-2H3,(H,15,17). The molecule has 98 valence electrons. The van der Waals surface area contributed by atoms with Gasteiger partial charge in [0.2, 0.25) is 5.91 Å². The highest BCUT2D eigenvalue weighted by Gasteiger charge is 2.31. The molecule has 0 bridgehead atoms. The van der Waals surface area contributed by atoms with Crippen LogP contribution in [0.15, 0.2) is 24.3 Å². The van der Waals surface area contributed by atoms with Gasteiger partial charge in [-0.05, 0) is 19.1 Å². The Balaban J connectivity index is 2.30. The fourth-order valence-electron chi connectivity index (χ4n) is 2.26. The molecule has 2 unspecified atom stereocenters. The van der Waals surface area contributed by atoms with Gasteiger partial charge in [-0.3, -0.25) is 4.79 Å². The number of piperazine rings is 1. The zero-order valence-corrected chi connectivity index (χ0v) is 10.7. The van der Waals surface area contributed by atoms with E-state index in [4.69, 9.17) is 10.5 Å². The highest BCUT2D eigenvalue weighted by molar-refractivity contribution is 5.87. The van der Waals surface area contributed by atoms with Crippen LogP contribution in [0.5, 0.6) is 5.75 Å². The van der Waals surface area contributed by atoms with Gasteiger partial charge in [0, 0.05) is 30.9 Å². The van der Waals surface area contributed by atoms with Gasteiger partial charge in [-0.1, -0.05) is 6.07 Å². The van der Waals surface area contributed by atoms with Gasteiger partial charge in [-0.25, -0.2) is 0 Å². The predicted octanol–water partition coefficient (Wildman–Crippen LogP) is 0.347. The molecule has 2 rings (SSSR count). The molecule has 1 fully saturated rings. The third-order valence-electron chi connectivity index (χ3n) is 3.15. The van der Waals surface area contributed by atoms with Crippen LogP contribution in [0, 0.1) is 0 Å². The third kappa shape index (κ3) is 2.41. The second-order valence-corrected chi connectivity index (χ2v) is 4.51. The summed E-state index contributed by atoms with van der Waals surface area (Å²) in [7, 11) is 1.63. The minimum atomic E-state index is -0.312. The maximum Gasteiger partial charge on any atom is 0.244 e. The van der Waals surface area contributed by atoms with Crippen molar-refractivity contribution in [3.05, 3.63) is 24.3 Å². The number of carbonyl (C=O) groups excluding carboxylic acids is 1. The van der Waals surface area contributed by atoms with Crippen molar-refractivity contribution in [3.63, 3.8) is 0 Å². The van der Waals surface area contributed by atoms with Crippen LogP contribution in [-0.4, -0.2) is 38.2 Å². The minimum Gasteiger partial charge on any atom is -0.497 e. The summed E-state index contributed by atoms with van der Waals surface area (Å²) in [6.07, 6.45) is 0. The Labute approximate surface area is 107 Å². The molecule has 5 nitrogen and oxygen atoms in total. The van der Waals surface area contributed by atoms with Crippen LogP contribution in [-0.2, 0) is 4.79 Å². The second-order valence-electron chi connectivity index (χ2n) is 4.51. The molecule has 3 N–H and O–H groups in total. The van der Waals surface area contributed by atoms with E-state index < -0.39 is 0 Å². The van der Waals surface area contributed by atoms with E-state index in [1.54, 1.807) is 7.11 Å². The summed E-state index contributed by atoms with van der Waals surface area (Å²) < 4.78 is 5.21. The number of benzene rings is 1. The number of methoxy groups -OCH3 is 1. The molecule has 0 spiro atoms. The van der Waals surface area contributed by atoms with Crippen LogP contribution < -0.4 is 20.7 Å². The van der Waals surface area contributed by atoms with Crippen molar-refractivity contribution in [2.75, 3.05) is 25.1 Å². The van der Waals surface area contributed by atoms with Crippen molar-refractivity contribution in [1.82, 2.24) is 5.32 Å². The van der Waals surface area contributed by atoms with E-state index >= 15 is 0 Å². The Morgan fingerprint density at radius 1 is 1.56 bits per heavy atom. The van der Waals surface area contributed by atoms with Crippen molar-refractivity contribution >= 4 is 11.6 Å². The van der Waals surface area contributed by atoms with Crippen LogP contribution in [0.2, 0.25) is 0 Å². The monoisotopic (exact) mass is 249 g/mol. The minimum absolute atomic E-state index is 0.0148. The van der Waals surface area contributed by atoms with Crippen LogP contribution in [0.25, 0.3) is 0 Å². The van der Waals surface area contributed by atoms with Gasteiger partial charge in [-0.2, -0.15) is 0 Å². The summed E-state index contributed by atoms with van der Waals surface area (Å²) in [5.74, 6) is 0.765. The first kappa shape index (κ1) is 12.7. The molecule has 0 saturated carbocycles. The first-order valence-electron chi connectivity index (χ1n) is 6.07. The van der Waals surface area contributed by atoms with Gasteiger partial charge >= 0.3 is 0 Å². The number of nitrogens with zero attached hydrogens (tertiary/aromatic N) is 1. The van der Waals surface area contributed by atoms with E-state index in [0.717, 1.165) is 18.0 Å². The topological polar surface area (TPSA) is 67.6 Å². The number of amides is 1. The molecule has 18 heavy (non-hydrogen) atoms. The number of carbonyl (C=O) groups is 1. The summed E-state index contributed by atoms with van der Waals surface area (Å²) in [4.78, 5) is 13.9. The normalized spacial score (nSPS) is 23.7. The maximum absolute atomic E-state index is 11.9. The molecule has 0 radical (unpaired) electrons. The lowest BCUT2D eigenvalue weighted by Crippen LogP contribution is -2.61. The molecule has 1 saturated heterocycles. The van der Waals surface area contributed by atoms with E-state index in [1.165, 1.54) is 0 Å². The van der Waals surface area contributed by atoms with Crippen molar-refractivity contribution < 1.29 is 9.53 Å². The zero-order valence-electron chi connectivity index (χ0n) is 10.7. The smallest absolute Gasteiger partial charge is 0.244 e. The number of ether oxygens (including phenoxy) is 1. The van der Waals surface area contributed by atoms with Gasteiger partial charge in [0.05, 0.1) is 7.11 Å². The fourth-order valence-corrected chi connectivity index (χ4v) is 2.26. The SMILES string of the molecule is COc1cccc(N2CC(C)NC(=O)C2CN)c1. The molecule has 0 aromatic heterocycles. The summed E-state index contributed by atoms with van der Waals surface area (Å²) >= 11 is 0. The van der Waals surface area contributed by atoms with Gasteiger partial charge in [0.15, 0.2) is 0 Å². The predicted molar refractivity (Wildman–Crippen MR) is 70.8 cm³/mol. The molecule has 0 aliphatic carbocycles. The average Bonchev–Trinajstić information content (AvgIpc) is 2.38. The van der Waals surface area contributed by atoms with E-state index in [-0.39, 0.29) is 18.0 Å². The number of nitrogens with two attached hydrogens (primary N) is 1. The molecule has 2 atom stereocenters. The van der Waals surface area contributed by atoms with Crippen LogP contribution >= 0.6 is 0 Å². The molecular weight excluding hydrogens is 230 g/mol. The lowest BCUT2D eigenvalue weighted by molar-refractivity contribution is -0.123. The number of hydrogen-bond donors (Lipinski definition) is 2. The van der Waals surface area contributed by atoms with E-state index in [2.05, 4.69) is 5.32 Å². The molecule has 1 aromatic rings. The van der Waals surface area contributed by atoms with Crippen molar-refractivity contribution in [3.8, 4) is 5.75 Å². The third-order valence-corrected chi connectivity index (χ3v) is 3.15. The summed E-state index contributed by atoms with van der Waals surface area (Å²) in [5.41, 5.74) is 6.67. The van der Waals surface area contributed by atoms with Gasteiger partial charge in [-0.15, -0.1) is 0 Å². The Hall–Kier alpha value is -1.75. The average molecular weight is 249 g/mol. The van der Waals surface area contributed by atoms with Crippen LogP contribution in [0.3, 0.4) is 0 Å². The summed E-state index contributed by atoms with van der Waals surface area (Å²) in [5, 5.41) is 2.92. The van der Waals surface area contributed by atoms with Gasteiger partial charge in [0.1, 0.15) is 11.8 Å². The summed E-state index contributed by atoms with van der Waals surface area (Å²) in [6, 6.07) is 7.50. The first-order valence-corrected chi connectivity index (χ1v) is 6.07. The largest absolute Gasteiger partial charge is 0.497 e. The fraction of sp³-hybridized carbons (Fsp3) is 0.462. The van der Waals surface area contributed by atoms with Gasteiger partial charge < -0.3 is 20.7 Å². The highest BCUT2D eigenvalue weighted by atomic mass is 16.5.